The van der Waals surface area contributed by atoms with Crippen LogP contribution < -0.4 is 5.32 Å². The van der Waals surface area contributed by atoms with E-state index in [-0.39, 0.29) is 6.04 Å². The molecule has 100 valence electrons. The number of hydrogen-bond donors (Lipinski definition) is 1. The summed E-state index contributed by atoms with van der Waals surface area (Å²) in [5, 5.41) is 4.61. The maximum absolute atomic E-state index is 6.25. The Labute approximate surface area is 123 Å². The summed E-state index contributed by atoms with van der Waals surface area (Å²) in [6.45, 7) is 2.03. The Hall–Kier alpha value is -1.09. The van der Waals surface area contributed by atoms with Crippen molar-refractivity contribution < 1.29 is 0 Å². The van der Waals surface area contributed by atoms with Gasteiger partial charge in [0, 0.05) is 40.0 Å². The molecule has 1 aromatic heterocycles. The molecule has 19 heavy (non-hydrogen) atoms. The number of benzene rings is 1. The lowest BCUT2D eigenvalue weighted by atomic mass is 10.0. The van der Waals surface area contributed by atoms with E-state index in [4.69, 9.17) is 23.2 Å². The van der Waals surface area contributed by atoms with Crippen LogP contribution in [-0.2, 0) is 6.42 Å². The number of rotatable bonds is 4. The molecule has 1 heterocycles. The smallest absolute Gasteiger partial charge is 0.0468 e. The minimum Gasteiger partial charge on any atom is -0.313 e. The molecular formula is C15H16Cl2N2. The molecule has 4 heteroatoms. The Bertz CT molecular complexity index is 532. The van der Waals surface area contributed by atoms with Crippen molar-refractivity contribution in [2.75, 3.05) is 7.05 Å². The Morgan fingerprint density at radius 2 is 1.84 bits per heavy atom. The van der Waals surface area contributed by atoms with E-state index in [0.717, 1.165) is 23.2 Å². The summed E-state index contributed by atoms with van der Waals surface area (Å²) in [5.74, 6) is 0. The first kappa shape index (κ1) is 14.3. The highest BCUT2D eigenvalue weighted by atomic mass is 35.5. The standard InChI is InChI=1S/C15H16Cl2N2/c1-10-6-7-11(19-9-10)8-14(18-2)15-12(16)4-3-5-13(15)17/h3-7,9,14,18H,8H2,1-2H3. The van der Waals surface area contributed by atoms with Crippen molar-refractivity contribution in [1.29, 1.82) is 0 Å². The largest absolute Gasteiger partial charge is 0.313 e. The molecule has 0 radical (unpaired) electrons. The number of aryl methyl sites for hydroxylation is 1. The fourth-order valence-electron chi connectivity index (χ4n) is 2.02. The highest BCUT2D eigenvalue weighted by molar-refractivity contribution is 6.36. The predicted octanol–water partition coefficient (Wildman–Crippen LogP) is 4.20. The van der Waals surface area contributed by atoms with Gasteiger partial charge in [-0.2, -0.15) is 0 Å². The summed E-state index contributed by atoms with van der Waals surface area (Å²) in [6, 6.07) is 9.71. The quantitative estimate of drug-likeness (QED) is 0.914. The molecular weight excluding hydrogens is 279 g/mol. The van der Waals surface area contributed by atoms with Gasteiger partial charge in [-0.15, -0.1) is 0 Å². The van der Waals surface area contributed by atoms with Gasteiger partial charge >= 0.3 is 0 Å². The van der Waals surface area contributed by atoms with E-state index < -0.39 is 0 Å². The predicted molar refractivity (Wildman–Crippen MR) is 80.9 cm³/mol. The van der Waals surface area contributed by atoms with Gasteiger partial charge in [0.15, 0.2) is 0 Å². The lowest BCUT2D eigenvalue weighted by Gasteiger charge is -2.19. The van der Waals surface area contributed by atoms with Crippen LogP contribution in [0.1, 0.15) is 22.9 Å². The topological polar surface area (TPSA) is 24.9 Å². The number of pyridine rings is 1. The van der Waals surface area contributed by atoms with E-state index in [0.29, 0.717) is 10.0 Å². The molecule has 0 aliphatic rings. The molecule has 1 atom stereocenters. The monoisotopic (exact) mass is 294 g/mol. The number of aromatic nitrogens is 1. The molecule has 0 aliphatic carbocycles. The molecule has 0 aliphatic heterocycles. The Morgan fingerprint density at radius 1 is 1.16 bits per heavy atom. The van der Waals surface area contributed by atoms with Crippen LogP contribution in [0, 0.1) is 6.92 Å². The van der Waals surface area contributed by atoms with Gasteiger partial charge in [-0.1, -0.05) is 35.3 Å². The third-order valence-electron chi connectivity index (χ3n) is 3.08. The summed E-state index contributed by atoms with van der Waals surface area (Å²) in [7, 11) is 1.90. The number of hydrogen-bond acceptors (Lipinski definition) is 2. The molecule has 1 N–H and O–H groups in total. The van der Waals surface area contributed by atoms with E-state index in [2.05, 4.69) is 16.4 Å². The number of halogens is 2. The van der Waals surface area contributed by atoms with Crippen molar-refractivity contribution in [3.05, 3.63) is 63.4 Å². The average Bonchev–Trinajstić information content (AvgIpc) is 2.39. The molecule has 0 amide bonds. The summed E-state index contributed by atoms with van der Waals surface area (Å²) in [4.78, 5) is 4.42. The molecule has 1 unspecified atom stereocenters. The van der Waals surface area contributed by atoms with E-state index in [9.17, 15) is 0 Å². The maximum atomic E-state index is 6.25. The third kappa shape index (κ3) is 3.47. The van der Waals surface area contributed by atoms with Crippen molar-refractivity contribution in [3.8, 4) is 0 Å². The van der Waals surface area contributed by atoms with Crippen molar-refractivity contribution in [1.82, 2.24) is 10.3 Å². The fraction of sp³-hybridized carbons (Fsp3) is 0.267. The van der Waals surface area contributed by atoms with E-state index in [1.165, 1.54) is 0 Å². The number of nitrogens with one attached hydrogen (secondary N) is 1. The summed E-state index contributed by atoms with van der Waals surface area (Å²) in [6.07, 6.45) is 2.62. The van der Waals surface area contributed by atoms with Crippen LogP contribution in [0.5, 0.6) is 0 Å². The van der Waals surface area contributed by atoms with Crippen molar-refractivity contribution in [3.63, 3.8) is 0 Å². The highest BCUT2D eigenvalue weighted by Crippen LogP contribution is 2.31. The van der Waals surface area contributed by atoms with Gasteiger partial charge in [-0.25, -0.2) is 0 Å². The number of likely N-dealkylation sites (N-methyl/N-ethyl adjacent to an activating group) is 1. The van der Waals surface area contributed by atoms with Crippen molar-refractivity contribution >= 4 is 23.2 Å². The molecule has 1 aromatic carbocycles. The Balaban J connectivity index is 2.27. The SMILES string of the molecule is CNC(Cc1ccc(C)cn1)c1c(Cl)cccc1Cl. The van der Waals surface area contributed by atoms with Gasteiger partial charge < -0.3 is 5.32 Å². The summed E-state index contributed by atoms with van der Waals surface area (Å²) < 4.78 is 0. The van der Waals surface area contributed by atoms with Gasteiger partial charge in [-0.05, 0) is 37.7 Å². The second kappa shape index (κ2) is 6.38. The minimum absolute atomic E-state index is 0.0522. The zero-order valence-electron chi connectivity index (χ0n) is 11.0. The zero-order chi connectivity index (χ0) is 13.8. The highest BCUT2D eigenvalue weighted by Gasteiger charge is 2.17. The first-order chi connectivity index (χ1) is 9.11. The lowest BCUT2D eigenvalue weighted by molar-refractivity contribution is 0.584. The Kier molecular flexibility index (Phi) is 4.81. The first-order valence-corrected chi connectivity index (χ1v) is 6.90. The molecule has 0 saturated heterocycles. The molecule has 2 nitrogen and oxygen atoms in total. The summed E-state index contributed by atoms with van der Waals surface area (Å²) in [5.41, 5.74) is 3.09. The first-order valence-electron chi connectivity index (χ1n) is 6.14. The molecule has 2 rings (SSSR count). The van der Waals surface area contributed by atoms with Gasteiger partial charge in [0.25, 0.3) is 0 Å². The Morgan fingerprint density at radius 3 is 2.37 bits per heavy atom. The van der Waals surface area contributed by atoms with Crippen molar-refractivity contribution in [2.24, 2.45) is 0 Å². The van der Waals surface area contributed by atoms with Crippen LogP contribution >= 0.6 is 23.2 Å². The van der Waals surface area contributed by atoms with Crippen LogP contribution in [0.4, 0.5) is 0 Å². The summed E-state index contributed by atoms with van der Waals surface area (Å²) >= 11 is 12.5. The fourth-order valence-corrected chi connectivity index (χ4v) is 2.68. The van der Waals surface area contributed by atoms with Gasteiger partial charge in [-0.3, -0.25) is 4.98 Å². The zero-order valence-corrected chi connectivity index (χ0v) is 12.5. The lowest BCUT2D eigenvalue weighted by Crippen LogP contribution is -2.20. The van der Waals surface area contributed by atoms with Gasteiger partial charge in [0.2, 0.25) is 0 Å². The van der Waals surface area contributed by atoms with Crippen LogP contribution in [0.15, 0.2) is 36.5 Å². The second-order valence-electron chi connectivity index (χ2n) is 4.51. The molecule has 0 fully saturated rings. The van der Waals surface area contributed by atoms with Crippen LogP contribution in [-0.4, -0.2) is 12.0 Å². The van der Waals surface area contributed by atoms with Gasteiger partial charge in [0.05, 0.1) is 0 Å². The van der Waals surface area contributed by atoms with Gasteiger partial charge in [0.1, 0.15) is 0 Å². The molecule has 0 saturated carbocycles. The number of nitrogens with zero attached hydrogens (tertiary/aromatic N) is 1. The molecule has 0 spiro atoms. The third-order valence-corrected chi connectivity index (χ3v) is 3.74. The van der Waals surface area contributed by atoms with Crippen LogP contribution in [0.25, 0.3) is 0 Å². The van der Waals surface area contributed by atoms with E-state index >= 15 is 0 Å². The molecule has 2 aromatic rings. The van der Waals surface area contributed by atoms with Crippen LogP contribution in [0.2, 0.25) is 10.0 Å². The second-order valence-corrected chi connectivity index (χ2v) is 5.32. The van der Waals surface area contributed by atoms with E-state index in [1.54, 1.807) is 0 Å². The minimum atomic E-state index is 0.0522. The van der Waals surface area contributed by atoms with E-state index in [1.807, 2.05) is 44.4 Å². The van der Waals surface area contributed by atoms with Crippen molar-refractivity contribution in [2.45, 2.75) is 19.4 Å². The maximum Gasteiger partial charge on any atom is 0.0468 e. The van der Waals surface area contributed by atoms with Crippen LogP contribution in [0.3, 0.4) is 0 Å². The molecule has 0 bridgehead atoms. The normalized spacial score (nSPS) is 12.4. The average molecular weight is 295 g/mol.